The Balaban J connectivity index is 1.51. The number of aryl methyl sites for hydroxylation is 1. The average Bonchev–Trinajstić information content (AvgIpc) is 2.57. The van der Waals surface area contributed by atoms with Crippen molar-refractivity contribution in [1.82, 2.24) is 9.80 Å². The van der Waals surface area contributed by atoms with Gasteiger partial charge in [-0.25, -0.2) is 0 Å². The molecule has 1 aliphatic rings. The standard InChI is InChI=1S/C19H22ClN3S/c1-15-5-2-3-8-18(15)21-19(24)23-11-9-22(10-12-23)14-16-6-4-7-17(20)13-16/h2-8,13H,9-12,14H2,1H3,(H,21,24). The van der Waals surface area contributed by atoms with Crippen molar-refractivity contribution >= 4 is 34.6 Å². The Kier molecular flexibility index (Phi) is 5.72. The van der Waals surface area contributed by atoms with Crippen molar-refractivity contribution in [3.8, 4) is 0 Å². The molecule has 0 aliphatic carbocycles. The molecule has 1 N–H and O–H groups in total. The fraction of sp³-hybridized carbons (Fsp3) is 0.316. The summed E-state index contributed by atoms with van der Waals surface area (Å²) in [5.41, 5.74) is 3.56. The molecule has 1 aliphatic heterocycles. The smallest absolute Gasteiger partial charge is 0.173 e. The Hall–Kier alpha value is -1.62. The maximum atomic E-state index is 6.06. The van der Waals surface area contributed by atoms with Crippen LogP contribution in [0.2, 0.25) is 5.02 Å². The molecule has 1 saturated heterocycles. The van der Waals surface area contributed by atoms with Gasteiger partial charge < -0.3 is 10.2 Å². The highest BCUT2D eigenvalue weighted by atomic mass is 35.5. The van der Waals surface area contributed by atoms with Crippen LogP contribution in [0, 0.1) is 6.92 Å². The van der Waals surface area contributed by atoms with Gasteiger partial charge in [0.1, 0.15) is 0 Å². The molecule has 3 nitrogen and oxygen atoms in total. The van der Waals surface area contributed by atoms with Gasteiger partial charge in [-0.05, 0) is 48.5 Å². The fourth-order valence-corrected chi connectivity index (χ4v) is 3.42. The molecule has 1 fully saturated rings. The molecule has 0 atom stereocenters. The van der Waals surface area contributed by atoms with Crippen molar-refractivity contribution in [2.75, 3.05) is 31.5 Å². The molecule has 126 valence electrons. The first-order valence-electron chi connectivity index (χ1n) is 8.20. The molecule has 2 aromatic carbocycles. The van der Waals surface area contributed by atoms with Gasteiger partial charge in [0.05, 0.1) is 0 Å². The Morgan fingerprint density at radius 2 is 1.83 bits per heavy atom. The predicted molar refractivity (Wildman–Crippen MR) is 106 cm³/mol. The van der Waals surface area contributed by atoms with E-state index in [1.54, 1.807) is 0 Å². The Morgan fingerprint density at radius 1 is 1.08 bits per heavy atom. The monoisotopic (exact) mass is 359 g/mol. The van der Waals surface area contributed by atoms with Crippen LogP contribution >= 0.6 is 23.8 Å². The first-order valence-corrected chi connectivity index (χ1v) is 8.99. The van der Waals surface area contributed by atoms with E-state index in [1.807, 2.05) is 30.3 Å². The van der Waals surface area contributed by atoms with E-state index in [2.05, 4.69) is 40.2 Å². The molecule has 0 unspecified atom stereocenters. The summed E-state index contributed by atoms with van der Waals surface area (Å²) in [7, 11) is 0. The van der Waals surface area contributed by atoms with E-state index < -0.39 is 0 Å². The zero-order valence-corrected chi connectivity index (χ0v) is 15.4. The third kappa shape index (κ3) is 4.47. The van der Waals surface area contributed by atoms with Gasteiger partial charge in [0, 0.05) is 43.4 Å². The van der Waals surface area contributed by atoms with Crippen LogP contribution in [0.4, 0.5) is 5.69 Å². The number of benzene rings is 2. The van der Waals surface area contributed by atoms with E-state index in [-0.39, 0.29) is 0 Å². The zero-order chi connectivity index (χ0) is 16.9. The van der Waals surface area contributed by atoms with Gasteiger partial charge >= 0.3 is 0 Å². The molecule has 0 bridgehead atoms. The first-order chi connectivity index (χ1) is 11.6. The Bertz CT molecular complexity index is 711. The van der Waals surface area contributed by atoms with Crippen LogP contribution in [0.15, 0.2) is 48.5 Å². The van der Waals surface area contributed by atoms with Crippen molar-refractivity contribution in [3.63, 3.8) is 0 Å². The van der Waals surface area contributed by atoms with Gasteiger partial charge in [-0.1, -0.05) is 41.9 Å². The largest absolute Gasteiger partial charge is 0.346 e. The number of thiocarbonyl (C=S) groups is 1. The average molecular weight is 360 g/mol. The number of piperazine rings is 1. The lowest BCUT2D eigenvalue weighted by Gasteiger charge is -2.36. The van der Waals surface area contributed by atoms with Crippen LogP contribution in [-0.4, -0.2) is 41.1 Å². The highest BCUT2D eigenvalue weighted by Gasteiger charge is 2.19. The minimum absolute atomic E-state index is 0.801. The SMILES string of the molecule is Cc1ccccc1NC(=S)N1CCN(Cc2cccc(Cl)c2)CC1. The van der Waals surface area contributed by atoms with Gasteiger partial charge in [0.25, 0.3) is 0 Å². The number of hydrogen-bond donors (Lipinski definition) is 1. The summed E-state index contributed by atoms with van der Waals surface area (Å²) in [6, 6.07) is 16.3. The highest BCUT2D eigenvalue weighted by molar-refractivity contribution is 7.80. The van der Waals surface area contributed by atoms with E-state index in [9.17, 15) is 0 Å². The predicted octanol–water partition coefficient (Wildman–Crippen LogP) is 4.16. The number of anilines is 1. The summed E-state index contributed by atoms with van der Waals surface area (Å²) in [5, 5.41) is 4.99. The molecule has 0 spiro atoms. The van der Waals surface area contributed by atoms with Crippen molar-refractivity contribution in [2.45, 2.75) is 13.5 Å². The number of rotatable bonds is 3. The van der Waals surface area contributed by atoms with Crippen LogP contribution in [0.5, 0.6) is 0 Å². The number of halogens is 1. The van der Waals surface area contributed by atoms with E-state index in [0.717, 1.165) is 48.5 Å². The third-order valence-electron chi connectivity index (χ3n) is 4.34. The fourth-order valence-electron chi connectivity index (χ4n) is 2.91. The normalized spacial score (nSPS) is 15.3. The van der Waals surface area contributed by atoms with Crippen molar-refractivity contribution < 1.29 is 0 Å². The second-order valence-electron chi connectivity index (χ2n) is 6.14. The molecule has 3 rings (SSSR count). The van der Waals surface area contributed by atoms with Crippen LogP contribution in [0.1, 0.15) is 11.1 Å². The number of hydrogen-bond acceptors (Lipinski definition) is 2. The summed E-state index contributed by atoms with van der Waals surface area (Å²) in [4.78, 5) is 4.69. The van der Waals surface area contributed by atoms with E-state index >= 15 is 0 Å². The van der Waals surface area contributed by atoms with Crippen LogP contribution in [0.3, 0.4) is 0 Å². The van der Waals surface area contributed by atoms with E-state index in [0.29, 0.717) is 0 Å². The van der Waals surface area contributed by atoms with Gasteiger partial charge in [0.15, 0.2) is 5.11 Å². The molecule has 5 heteroatoms. The van der Waals surface area contributed by atoms with Crippen LogP contribution in [0.25, 0.3) is 0 Å². The second-order valence-corrected chi connectivity index (χ2v) is 6.96. The molecule has 0 amide bonds. The Morgan fingerprint density at radius 3 is 2.54 bits per heavy atom. The van der Waals surface area contributed by atoms with Crippen molar-refractivity contribution in [1.29, 1.82) is 0 Å². The lowest BCUT2D eigenvalue weighted by atomic mass is 10.2. The molecular weight excluding hydrogens is 338 g/mol. The second kappa shape index (κ2) is 7.97. The number of para-hydroxylation sites is 1. The Labute approximate surface area is 154 Å². The molecule has 0 aromatic heterocycles. The summed E-state index contributed by atoms with van der Waals surface area (Å²) in [6.45, 7) is 6.92. The molecule has 1 heterocycles. The summed E-state index contributed by atoms with van der Waals surface area (Å²) >= 11 is 11.6. The third-order valence-corrected chi connectivity index (χ3v) is 4.94. The van der Waals surface area contributed by atoms with Gasteiger partial charge in [-0.15, -0.1) is 0 Å². The van der Waals surface area contributed by atoms with Crippen LogP contribution in [-0.2, 0) is 6.54 Å². The topological polar surface area (TPSA) is 18.5 Å². The molecule has 24 heavy (non-hydrogen) atoms. The van der Waals surface area contributed by atoms with E-state index in [4.69, 9.17) is 23.8 Å². The number of nitrogens with zero attached hydrogens (tertiary/aromatic N) is 2. The molecule has 0 saturated carbocycles. The minimum Gasteiger partial charge on any atom is -0.346 e. The molecular formula is C19H22ClN3S. The molecule has 0 radical (unpaired) electrons. The highest BCUT2D eigenvalue weighted by Crippen LogP contribution is 2.16. The summed E-state index contributed by atoms with van der Waals surface area (Å²) in [5.74, 6) is 0. The maximum absolute atomic E-state index is 6.06. The van der Waals surface area contributed by atoms with Crippen molar-refractivity contribution in [2.24, 2.45) is 0 Å². The van der Waals surface area contributed by atoms with Gasteiger partial charge in [0.2, 0.25) is 0 Å². The van der Waals surface area contributed by atoms with E-state index in [1.165, 1.54) is 11.1 Å². The summed E-state index contributed by atoms with van der Waals surface area (Å²) in [6.07, 6.45) is 0. The summed E-state index contributed by atoms with van der Waals surface area (Å²) < 4.78 is 0. The van der Waals surface area contributed by atoms with Crippen molar-refractivity contribution in [3.05, 3.63) is 64.7 Å². The van der Waals surface area contributed by atoms with Gasteiger partial charge in [-0.3, -0.25) is 4.90 Å². The zero-order valence-electron chi connectivity index (χ0n) is 13.8. The minimum atomic E-state index is 0.801. The maximum Gasteiger partial charge on any atom is 0.173 e. The quantitative estimate of drug-likeness (QED) is 0.829. The molecule has 2 aromatic rings. The lowest BCUT2D eigenvalue weighted by molar-refractivity contribution is 0.177. The lowest BCUT2D eigenvalue weighted by Crippen LogP contribution is -2.49. The first kappa shape index (κ1) is 17.2. The van der Waals surface area contributed by atoms with Crippen LogP contribution < -0.4 is 5.32 Å². The number of nitrogens with one attached hydrogen (secondary N) is 1. The van der Waals surface area contributed by atoms with Gasteiger partial charge in [-0.2, -0.15) is 0 Å².